The molecule has 3 heterocycles. The van der Waals surface area contributed by atoms with Gasteiger partial charge >= 0.3 is 0 Å². The van der Waals surface area contributed by atoms with Crippen molar-refractivity contribution in [1.29, 1.82) is 0 Å². The largest absolute Gasteiger partial charge is 0.393 e. The Morgan fingerprint density at radius 3 is 2.80 bits per heavy atom. The summed E-state index contributed by atoms with van der Waals surface area (Å²) in [6.07, 6.45) is 15.5. The molecule has 0 unspecified atom stereocenters. The van der Waals surface area contributed by atoms with Gasteiger partial charge in [0, 0.05) is 37.3 Å². The number of hydrogen-bond acceptors (Lipinski definition) is 4. The van der Waals surface area contributed by atoms with Gasteiger partial charge in [-0.3, -0.25) is 4.90 Å². The van der Waals surface area contributed by atoms with E-state index in [9.17, 15) is 5.11 Å². The second-order valence-corrected chi connectivity index (χ2v) is 8.23. The molecule has 1 aromatic heterocycles. The first-order valence-electron chi connectivity index (χ1n) is 9.78. The quantitative estimate of drug-likeness (QED) is 0.841. The summed E-state index contributed by atoms with van der Waals surface area (Å²) in [4.78, 5) is 9.71. The van der Waals surface area contributed by atoms with Gasteiger partial charge in [-0.05, 0) is 63.6 Å². The number of rotatable bonds is 2. The number of aromatic nitrogens is 1. The fourth-order valence-corrected chi connectivity index (χ4v) is 5.19. The molecule has 1 saturated carbocycles. The van der Waals surface area contributed by atoms with E-state index in [1.165, 1.54) is 32.4 Å². The molecule has 0 aromatic carbocycles. The van der Waals surface area contributed by atoms with E-state index in [-0.39, 0.29) is 6.10 Å². The summed E-state index contributed by atoms with van der Waals surface area (Å²) >= 11 is 0. The van der Waals surface area contributed by atoms with Crippen molar-refractivity contribution in [3.8, 4) is 12.3 Å². The minimum absolute atomic E-state index is 0.0654. The summed E-state index contributed by atoms with van der Waals surface area (Å²) in [6.45, 7) is 4.54. The molecule has 3 aliphatic rings. The molecule has 134 valence electrons. The topological polar surface area (TPSA) is 39.6 Å². The highest BCUT2D eigenvalue weighted by Gasteiger charge is 2.43. The zero-order valence-electron chi connectivity index (χ0n) is 15.0. The number of aliphatic hydroxyl groups excluding tert-OH is 1. The fourth-order valence-electron chi connectivity index (χ4n) is 5.19. The first-order valence-corrected chi connectivity index (χ1v) is 9.78. The average Bonchev–Trinajstić information content (AvgIpc) is 3.05. The molecule has 0 amide bonds. The Balaban J connectivity index is 1.45. The molecule has 1 N–H and O–H groups in total. The van der Waals surface area contributed by atoms with Gasteiger partial charge in [0.15, 0.2) is 0 Å². The van der Waals surface area contributed by atoms with Crippen molar-refractivity contribution in [3.05, 3.63) is 23.9 Å². The van der Waals surface area contributed by atoms with E-state index in [1.807, 2.05) is 18.3 Å². The van der Waals surface area contributed by atoms with Crippen molar-refractivity contribution in [2.24, 2.45) is 5.41 Å². The Bertz CT molecular complexity index is 647. The first kappa shape index (κ1) is 16.9. The summed E-state index contributed by atoms with van der Waals surface area (Å²) < 4.78 is 0. The lowest BCUT2D eigenvalue weighted by atomic mass is 9.79. The molecule has 4 nitrogen and oxygen atoms in total. The smallest absolute Gasteiger partial charge is 0.144 e. The van der Waals surface area contributed by atoms with Crippen LogP contribution in [0.15, 0.2) is 18.3 Å². The molecule has 4 rings (SSSR count). The Morgan fingerprint density at radius 1 is 1.16 bits per heavy atom. The third-order valence-corrected chi connectivity index (χ3v) is 6.55. The molecule has 0 bridgehead atoms. The van der Waals surface area contributed by atoms with Crippen molar-refractivity contribution in [1.82, 2.24) is 9.88 Å². The van der Waals surface area contributed by atoms with Crippen LogP contribution in [-0.2, 0) is 0 Å². The molecule has 0 radical (unpaired) electrons. The number of pyridine rings is 1. The molecule has 2 aliphatic heterocycles. The van der Waals surface area contributed by atoms with Gasteiger partial charge in [-0.2, -0.15) is 0 Å². The van der Waals surface area contributed by atoms with E-state index >= 15 is 0 Å². The van der Waals surface area contributed by atoms with Crippen LogP contribution in [0.4, 0.5) is 5.82 Å². The second kappa shape index (κ2) is 6.97. The molecule has 1 aromatic rings. The van der Waals surface area contributed by atoms with Crippen molar-refractivity contribution in [2.45, 2.75) is 57.1 Å². The number of piperidine rings is 1. The van der Waals surface area contributed by atoms with Gasteiger partial charge < -0.3 is 10.0 Å². The van der Waals surface area contributed by atoms with E-state index in [0.717, 1.165) is 50.2 Å². The van der Waals surface area contributed by atoms with Crippen molar-refractivity contribution >= 4 is 5.82 Å². The monoisotopic (exact) mass is 339 g/mol. The van der Waals surface area contributed by atoms with E-state index in [2.05, 4.69) is 20.7 Å². The van der Waals surface area contributed by atoms with Crippen LogP contribution >= 0.6 is 0 Å². The summed E-state index contributed by atoms with van der Waals surface area (Å²) in [5.41, 5.74) is 1.30. The van der Waals surface area contributed by atoms with Crippen LogP contribution in [0.5, 0.6) is 0 Å². The maximum absolute atomic E-state index is 9.77. The normalized spacial score (nSPS) is 33.5. The van der Waals surface area contributed by atoms with Crippen LogP contribution in [-0.4, -0.2) is 53.3 Å². The number of likely N-dealkylation sites (tertiary alicyclic amines) is 1. The lowest BCUT2D eigenvalue weighted by Gasteiger charge is -2.42. The summed E-state index contributed by atoms with van der Waals surface area (Å²) in [6, 6.07) is 4.60. The zero-order chi connectivity index (χ0) is 17.3. The second-order valence-electron chi connectivity index (χ2n) is 8.23. The SMILES string of the molecule is C#Cc1cccnc1N1CCC[C@]2(CCN([C@H]3CC[C@H](O)CC3)C2)C1. The number of nitrogens with zero attached hydrogens (tertiary/aromatic N) is 3. The summed E-state index contributed by atoms with van der Waals surface area (Å²) in [7, 11) is 0. The van der Waals surface area contributed by atoms with Gasteiger partial charge in [0.25, 0.3) is 0 Å². The van der Waals surface area contributed by atoms with Crippen LogP contribution < -0.4 is 4.90 Å². The van der Waals surface area contributed by atoms with Gasteiger partial charge in [0.1, 0.15) is 5.82 Å². The maximum Gasteiger partial charge on any atom is 0.144 e. The van der Waals surface area contributed by atoms with E-state index < -0.39 is 0 Å². The van der Waals surface area contributed by atoms with Gasteiger partial charge in [0.2, 0.25) is 0 Å². The number of anilines is 1. The average molecular weight is 339 g/mol. The Labute approximate surface area is 151 Å². The third kappa shape index (κ3) is 3.41. The van der Waals surface area contributed by atoms with Crippen LogP contribution in [0.25, 0.3) is 0 Å². The summed E-state index contributed by atoms with van der Waals surface area (Å²) in [5.74, 6) is 3.79. The van der Waals surface area contributed by atoms with Crippen molar-refractivity contribution < 1.29 is 5.11 Å². The number of hydrogen-bond donors (Lipinski definition) is 1. The minimum atomic E-state index is -0.0654. The molecule has 1 aliphatic carbocycles. The van der Waals surface area contributed by atoms with Crippen LogP contribution in [0.1, 0.15) is 50.5 Å². The fraction of sp³-hybridized carbons (Fsp3) is 0.667. The molecule has 25 heavy (non-hydrogen) atoms. The highest BCUT2D eigenvalue weighted by atomic mass is 16.3. The molecule has 1 spiro atoms. The molecular formula is C21H29N3O. The highest BCUT2D eigenvalue weighted by molar-refractivity contribution is 5.55. The Kier molecular flexibility index (Phi) is 4.71. The van der Waals surface area contributed by atoms with Crippen molar-refractivity contribution in [3.63, 3.8) is 0 Å². The summed E-state index contributed by atoms with van der Waals surface area (Å²) in [5, 5.41) is 9.77. The maximum atomic E-state index is 9.77. The van der Waals surface area contributed by atoms with Crippen LogP contribution in [0.2, 0.25) is 0 Å². The van der Waals surface area contributed by atoms with Crippen LogP contribution in [0.3, 0.4) is 0 Å². The van der Waals surface area contributed by atoms with Gasteiger partial charge in [-0.1, -0.05) is 5.92 Å². The molecular weight excluding hydrogens is 310 g/mol. The van der Waals surface area contributed by atoms with E-state index in [0.29, 0.717) is 11.5 Å². The predicted molar refractivity (Wildman–Crippen MR) is 101 cm³/mol. The van der Waals surface area contributed by atoms with Gasteiger partial charge in [-0.25, -0.2) is 4.98 Å². The highest BCUT2D eigenvalue weighted by Crippen LogP contribution is 2.42. The van der Waals surface area contributed by atoms with E-state index in [1.54, 1.807) is 0 Å². The third-order valence-electron chi connectivity index (χ3n) is 6.55. The zero-order valence-corrected chi connectivity index (χ0v) is 15.0. The first-order chi connectivity index (χ1) is 12.2. The van der Waals surface area contributed by atoms with Crippen molar-refractivity contribution in [2.75, 3.05) is 31.1 Å². The van der Waals surface area contributed by atoms with Gasteiger partial charge in [-0.15, -0.1) is 6.42 Å². The van der Waals surface area contributed by atoms with E-state index in [4.69, 9.17) is 6.42 Å². The Morgan fingerprint density at radius 2 is 2.00 bits per heavy atom. The molecule has 1 atom stereocenters. The molecule has 4 heteroatoms. The molecule has 3 fully saturated rings. The van der Waals surface area contributed by atoms with Crippen LogP contribution in [0, 0.1) is 17.8 Å². The predicted octanol–water partition coefficient (Wildman–Crippen LogP) is 2.66. The van der Waals surface area contributed by atoms with Gasteiger partial charge in [0.05, 0.1) is 11.7 Å². The lowest BCUT2D eigenvalue weighted by molar-refractivity contribution is 0.0770. The minimum Gasteiger partial charge on any atom is -0.393 e. The Hall–Kier alpha value is -1.57. The number of terminal acetylenes is 1. The standard InChI is InChI=1S/C21H29N3O/c1-2-17-5-3-12-22-20(17)24-13-4-10-21(16-24)11-14-23(15-21)18-6-8-19(25)9-7-18/h1,3,5,12,18-19,25H,4,6-11,13-16H2/t18-,19-,21-/m1/s1. The molecule has 2 saturated heterocycles. The number of aliphatic hydroxyl groups is 1. The lowest BCUT2D eigenvalue weighted by Crippen LogP contribution is -2.47.